The largest absolute Gasteiger partial charge is 0.316 e. The highest BCUT2D eigenvalue weighted by Gasteiger charge is 2.40. The summed E-state index contributed by atoms with van der Waals surface area (Å²) < 4.78 is 3.30. The highest BCUT2D eigenvalue weighted by atomic mass is 79.9. The van der Waals surface area contributed by atoms with Gasteiger partial charge in [0.25, 0.3) is 0 Å². The molecule has 2 aromatic heterocycles. The molecule has 106 valence electrons. The first-order valence-electron chi connectivity index (χ1n) is 7.29. The Labute approximate surface area is 127 Å². The molecule has 0 bridgehead atoms. The van der Waals surface area contributed by atoms with Gasteiger partial charge in [0, 0.05) is 30.3 Å². The average Bonchev–Trinajstić information content (AvgIpc) is 3.14. The summed E-state index contributed by atoms with van der Waals surface area (Å²) in [6.45, 7) is 5.82. The number of likely N-dealkylation sites (tertiary alicyclic amines) is 1. The number of fused-ring (bicyclic) bond motifs is 1. The normalized spacial score (nSPS) is 27.1. The SMILES string of the molecule is Brc1ccc2ncc(CN3CCC4(CCNC4)C3)n2c1. The Morgan fingerprint density at radius 1 is 1.35 bits per heavy atom. The maximum Gasteiger partial charge on any atom is 0.136 e. The highest BCUT2D eigenvalue weighted by molar-refractivity contribution is 9.10. The molecule has 2 saturated heterocycles. The van der Waals surface area contributed by atoms with Crippen LogP contribution in [0.3, 0.4) is 0 Å². The molecule has 1 unspecified atom stereocenters. The van der Waals surface area contributed by atoms with Crippen molar-refractivity contribution in [3.63, 3.8) is 0 Å². The van der Waals surface area contributed by atoms with E-state index in [0.29, 0.717) is 5.41 Å². The van der Waals surface area contributed by atoms with Crippen LogP contribution < -0.4 is 5.32 Å². The Kier molecular flexibility index (Phi) is 3.09. The van der Waals surface area contributed by atoms with Crippen molar-refractivity contribution in [1.82, 2.24) is 19.6 Å². The molecule has 0 aromatic carbocycles. The summed E-state index contributed by atoms with van der Waals surface area (Å²) in [6.07, 6.45) is 6.79. The smallest absolute Gasteiger partial charge is 0.136 e. The van der Waals surface area contributed by atoms with Crippen molar-refractivity contribution in [2.45, 2.75) is 19.4 Å². The molecule has 4 heterocycles. The van der Waals surface area contributed by atoms with Gasteiger partial charge in [-0.15, -0.1) is 0 Å². The minimum absolute atomic E-state index is 0.543. The van der Waals surface area contributed by atoms with Crippen molar-refractivity contribution in [2.75, 3.05) is 26.2 Å². The van der Waals surface area contributed by atoms with Crippen molar-refractivity contribution < 1.29 is 0 Å². The van der Waals surface area contributed by atoms with E-state index in [2.05, 4.69) is 47.8 Å². The highest BCUT2D eigenvalue weighted by Crippen LogP contribution is 2.36. The van der Waals surface area contributed by atoms with Gasteiger partial charge in [0.2, 0.25) is 0 Å². The van der Waals surface area contributed by atoms with Gasteiger partial charge in [0.15, 0.2) is 0 Å². The third-order valence-corrected chi connectivity index (χ3v) is 5.25. The monoisotopic (exact) mass is 334 g/mol. The quantitative estimate of drug-likeness (QED) is 0.914. The zero-order valence-corrected chi connectivity index (χ0v) is 13.1. The number of imidazole rings is 1. The lowest BCUT2D eigenvalue weighted by Gasteiger charge is -2.22. The molecule has 4 rings (SSSR count). The van der Waals surface area contributed by atoms with Gasteiger partial charge in [-0.25, -0.2) is 4.98 Å². The van der Waals surface area contributed by atoms with Crippen LogP contribution in [0.15, 0.2) is 29.0 Å². The Morgan fingerprint density at radius 2 is 2.30 bits per heavy atom. The molecular weight excluding hydrogens is 316 g/mol. The first kappa shape index (κ1) is 12.8. The first-order chi connectivity index (χ1) is 9.74. The maximum absolute atomic E-state index is 4.49. The van der Waals surface area contributed by atoms with Gasteiger partial charge in [-0.1, -0.05) is 0 Å². The van der Waals surface area contributed by atoms with Gasteiger partial charge in [-0.3, -0.25) is 4.90 Å². The third kappa shape index (κ3) is 2.18. The van der Waals surface area contributed by atoms with Crippen LogP contribution in [-0.4, -0.2) is 40.5 Å². The Bertz CT molecular complexity index is 630. The average molecular weight is 335 g/mol. The Balaban J connectivity index is 1.55. The van der Waals surface area contributed by atoms with Crippen LogP contribution in [0.25, 0.3) is 5.65 Å². The summed E-state index contributed by atoms with van der Waals surface area (Å²) in [5.74, 6) is 0. The molecule has 2 aromatic rings. The minimum atomic E-state index is 0.543. The van der Waals surface area contributed by atoms with Gasteiger partial charge in [-0.2, -0.15) is 0 Å². The van der Waals surface area contributed by atoms with Crippen molar-refractivity contribution in [2.24, 2.45) is 5.41 Å². The zero-order chi connectivity index (χ0) is 13.6. The number of rotatable bonds is 2. The lowest BCUT2D eigenvalue weighted by molar-refractivity contribution is 0.266. The number of hydrogen-bond donors (Lipinski definition) is 1. The first-order valence-corrected chi connectivity index (χ1v) is 8.08. The zero-order valence-electron chi connectivity index (χ0n) is 11.5. The second-order valence-electron chi connectivity index (χ2n) is 6.21. The van der Waals surface area contributed by atoms with Crippen LogP contribution in [0, 0.1) is 5.41 Å². The molecule has 2 fully saturated rings. The molecule has 0 saturated carbocycles. The molecule has 0 radical (unpaired) electrons. The molecule has 0 amide bonds. The maximum atomic E-state index is 4.49. The van der Waals surface area contributed by atoms with Gasteiger partial charge < -0.3 is 9.72 Å². The topological polar surface area (TPSA) is 32.6 Å². The van der Waals surface area contributed by atoms with Crippen LogP contribution in [-0.2, 0) is 6.54 Å². The van der Waals surface area contributed by atoms with Crippen LogP contribution in [0.2, 0.25) is 0 Å². The number of aromatic nitrogens is 2. The summed E-state index contributed by atoms with van der Waals surface area (Å²) in [5, 5.41) is 3.52. The van der Waals surface area contributed by atoms with Crippen LogP contribution in [0.4, 0.5) is 0 Å². The van der Waals surface area contributed by atoms with Crippen LogP contribution in [0.5, 0.6) is 0 Å². The third-order valence-electron chi connectivity index (χ3n) is 4.78. The fraction of sp³-hybridized carbons (Fsp3) is 0.533. The summed E-state index contributed by atoms with van der Waals surface area (Å²) >= 11 is 3.54. The van der Waals surface area contributed by atoms with Gasteiger partial charge in [0.05, 0.1) is 11.9 Å². The van der Waals surface area contributed by atoms with Gasteiger partial charge >= 0.3 is 0 Å². The number of halogens is 1. The van der Waals surface area contributed by atoms with Crippen molar-refractivity contribution in [3.05, 3.63) is 34.7 Å². The lowest BCUT2D eigenvalue weighted by Crippen LogP contribution is -2.29. The van der Waals surface area contributed by atoms with E-state index >= 15 is 0 Å². The molecule has 5 heteroatoms. The molecule has 2 aliphatic heterocycles. The van der Waals surface area contributed by atoms with Crippen molar-refractivity contribution in [1.29, 1.82) is 0 Å². The standard InChI is InChI=1S/C15H19BrN4/c16-12-1-2-14-18-7-13(20(14)8-12)9-19-6-4-15(11-19)3-5-17-10-15/h1-2,7-8,17H,3-6,9-11H2. The second kappa shape index (κ2) is 4.83. The predicted octanol–water partition coefficient (Wildman–Crippen LogP) is 2.28. The Hall–Kier alpha value is -0.910. The van der Waals surface area contributed by atoms with Crippen LogP contribution in [0.1, 0.15) is 18.5 Å². The molecule has 20 heavy (non-hydrogen) atoms. The molecular formula is C15H19BrN4. The summed E-state index contributed by atoms with van der Waals surface area (Å²) in [6, 6.07) is 4.10. The Morgan fingerprint density at radius 3 is 3.15 bits per heavy atom. The fourth-order valence-corrected chi connectivity index (χ4v) is 3.99. The van der Waals surface area contributed by atoms with E-state index in [4.69, 9.17) is 0 Å². The summed E-state index contributed by atoms with van der Waals surface area (Å²) in [5.41, 5.74) is 2.85. The predicted molar refractivity (Wildman–Crippen MR) is 82.7 cm³/mol. The number of nitrogens with zero attached hydrogens (tertiary/aromatic N) is 3. The van der Waals surface area contributed by atoms with E-state index in [0.717, 1.165) is 16.7 Å². The van der Waals surface area contributed by atoms with Crippen molar-refractivity contribution in [3.8, 4) is 0 Å². The molecule has 1 spiro atoms. The van der Waals surface area contributed by atoms with E-state index < -0.39 is 0 Å². The van der Waals surface area contributed by atoms with Gasteiger partial charge in [-0.05, 0) is 59.4 Å². The summed E-state index contributed by atoms with van der Waals surface area (Å²) in [4.78, 5) is 7.07. The number of pyridine rings is 1. The van der Waals surface area contributed by atoms with Crippen molar-refractivity contribution >= 4 is 21.6 Å². The molecule has 4 nitrogen and oxygen atoms in total. The number of nitrogens with one attached hydrogen (secondary N) is 1. The van der Waals surface area contributed by atoms with Crippen LogP contribution >= 0.6 is 15.9 Å². The van der Waals surface area contributed by atoms with Gasteiger partial charge in [0.1, 0.15) is 5.65 Å². The molecule has 1 N–H and O–H groups in total. The van der Waals surface area contributed by atoms with E-state index in [-0.39, 0.29) is 0 Å². The molecule has 0 aliphatic carbocycles. The van der Waals surface area contributed by atoms with E-state index in [1.165, 1.54) is 44.7 Å². The number of hydrogen-bond acceptors (Lipinski definition) is 3. The fourth-order valence-electron chi connectivity index (χ4n) is 3.66. The van der Waals surface area contributed by atoms with E-state index in [9.17, 15) is 0 Å². The molecule has 1 atom stereocenters. The lowest BCUT2D eigenvalue weighted by atomic mass is 9.87. The molecule has 2 aliphatic rings. The van der Waals surface area contributed by atoms with E-state index in [1.807, 2.05) is 12.3 Å². The second-order valence-corrected chi connectivity index (χ2v) is 7.13. The van der Waals surface area contributed by atoms with E-state index in [1.54, 1.807) is 0 Å². The minimum Gasteiger partial charge on any atom is -0.316 e. The summed E-state index contributed by atoms with van der Waals surface area (Å²) in [7, 11) is 0.